The maximum atomic E-state index is 5.74. The standard InChI is InChI=1S/C12H21N3O2/c1-5-9-10(13)14-8-15-11(9)16-6-7-17-12(2,3)4/h8H,5-7H2,1-4H3,(H2,13,14,15). The molecule has 2 N–H and O–H groups in total. The molecule has 96 valence electrons. The number of hydrogen-bond acceptors (Lipinski definition) is 5. The van der Waals surface area contributed by atoms with Crippen LogP contribution in [0.15, 0.2) is 6.33 Å². The molecular formula is C12H21N3O2. The molecule has 17 heavy (non-hydrogen) atoms. The first-order valence-electron chi connectivity index (χ1n) is 5.80. The van der Waals surface area contributed by atoms with E-state index >= 15 is 0 Å². The van der Waals surface area contributed by atoms with Crippen LogP contribution in [0, 0.1) is 0 Å². The van der Waals surface area contributed by atoms with Gasteiger partial charge in [0.1, 0.15) is 18.8 Å². The van der Waals surface area contributed by atoms with Gasteiger partial charge in [0.25, 0.3) is 0 Å². The summed E-state index contributed by atoms with van der Waals surface area (Å²) in [7, 11) is 0. The zero-order valence-corrected chi connectivity index (χ0v) is 11.0. The van der Waals surface area contributed by atoms with Crippen LogP contribution >= 0.6 is 0 Å². The highest BCUT2D eigenvalue weighted by atomic mass is 16.5. The lowest BCUT2D eigenvalue weighted by molar-refractivity contribution is -0.0169. The van der Waals surface area contributed by atoms with Crippen LogP contribution in [0.4, 0.5) is 5.82 Å². The summed E-state index contributed by atoms with van der Waals surface area (Å²) in [6.45, 7) is 9.00. The molecule has 5 heteroatoms. The molecule has 1 rings (SSSR count). The molecule has 0 aliphatic carbocycles. The van der Waals surface area contributed by atoms with Gasteiger partial charge in [0.2, 0.25) is 5.88 Å². The largest absolute Gasteiger partial charge is 0.475 e. The Bertz CT molecular complexity index is 361. The van der Waals surface area contributed by atoms with Gasteiger partial charge in [-0.25, -0.2) is 9.97 Å². The van der Waals surface area contributed by atoms with E-state index in [9.17, 15) is 0 Å². The number of rotatable bonds is 5. The highest BCUT2D eigenvalue weighted by molar-refractivity contribution is 5.44. The molecule has 0 aliphatic rings. The van der Waals surface area contributed by atoms with E-state index in [4.69, 9.17) is 15.2 Å². The van der Waals surface area contributed by atoms with Gasteiger partial charge in [-0.1, -0.05) is 6.92 Å². The van der Waals surface area contributed by atoms with Crippen molar-refractivity contribution in [2.45, 2.75) is 39.7 Å². The van der Waals surface area contributed by atoms with Crippen LogP contribution in [0.3, 0.4) is 0 Å². The van der Waals surface area contributed by atoms with Crippen LogP contribution in [-0.4, -0.2) is 28.8 Å². The Hall–Kier alpha value is -1.36. The summed E-state index contributed by atoms with van der Waals surface area (Å²) in [6, 6.07) is 0. The summed E-state index contributed by atoms with van der Waals surface area (Å²) < 4.78 is 11.1. The van der Waals surface area contributed by atoms with E-state index in [1.165, 1.54) is 6.33 Å². The van der Waals surface area contributed by atoms with Crippen molar-refractivity contribution in [1.29, 1.82) is 0 Å². The van der Waals surface area contributed by atoms with Crippen molar-refractivity contribution in [2.24, 2.45) is 0 Å². The molecule has 5 nitrogen and oxygen atoms in total. The van der Waals surface area contributed by atoms with E-state index in [1.807, 2.05) is 27.7 Å². The van der Waals surface area contributed by atoms with Crippen LogP contribution in [0.2, 0.25) is 0 Å². The summed E-state index contributed by atoms with van der Waals surface area (Å²) in [5.74, 6) is 1.03. The maximum absolute atomic E-state index is 5.74. The Morgan fingerprint density at radius 1 is 1.24 bits per heavy atom. The van der Waals surface area contributed by atoms with Crippen LogP contribution in [0.5, 0.6) is 5.88 Å². The molecule has 0 unspecified atom stereocenters. The number of ether oxygens (including phenoxy) is 2. The minimum Gasteiger partial charge on any atom is -0.475 e. The predicted molar refractivity (Wildman–Crippen MR) is 67.0 cm³/mol. The monoisotopic (exact) mass is 239 g/mol. The van der Waals surface area contributed by atoms with Crippen molar-refractivity contribution in [3.63, 3.8) is 0 Å². The average Bonchev–Trinajstić information content (AvgIpc) is 2.23. The topological polar surface area (TPSA) is 70.3 Å². The molecule has 0 fully saturated rings. The van der Waals surface area contributed by atoms with Gasteiger partial charge in [0, 0.05) is 0 Å². The van der Waals surface area contributed by atoms with Gasteiger partial charge in [-0.2, -0.15) is 0 Å². The molecular weight excluding hydrogens is 218 g/mol. The van der Waals surface area contributed by atoms with Gasteiger partial charge in [-0.05, 0) is 27.2 Å². The second-order valence-electron chi connectivity index (χ2n) is 4.71. The van der Waals surface area contributed by atoms with Crippen molar-refractivity contribution in [3.05, 3.63) is 11.9 Å². The number of anilines is 1. The summed E-state index contributed by atoms with van der Waals surface area (Å²) in [6.07, 6.45) is 2.16. The molecule has 0 amide bonds. The normalized spacial score (nSPS) is 11.5. The quantitative estimate of drug-likeness (QED) is 0.793. The van der Waals surface area contributed by atoms with Gasteiger partial charge in [0.05, 0.1) is 17.8 Å². The lowest BCUT2D eigenvalue weighted by Crippen LogP contribution is -2.22. The Kier molecular flexibility index (Phi) is 4.69. The van der Waals surface area contributed by atoms with E-state index < -0.39 is 0 Å². The van der Waals surface area contributed by atoms with E-state index in [-0.39, 0.29) is 5.60 Å². The van der Waals surface area contributed by atoms with Crippen LogP contribution in [0.25, 0.3) is 0 Å². The van der Waals surface area contributed by atoms with Gasteiger partial charge in [-0.3, -0.25) is 0 Å². The number of aromatic nitrogens is 2. The number of hydrogen-bond donors (Lipinski definition) is 1. The van der Waals surface area contributed by atoms with Crippen LogP contribution < -0.4 is 10.5 Å². The third-order valence-electron chi connectivity index (χ3n) is 2.15. The van der Waals surface area contributed by atoms with Gasteiger partial charge in [0.15, 0.2) is 0 Å². The first kappa shape index (κ1) is 13.7. The molecule has 0 spiro atoms. The number of nitrogens with zero attached hydrogens (tertiary/aromatic N) is 2. The molecule has 0 radical (unpaired) electrons. The molecule has 0 aliphatic heterocycles. The van der Waals surface area contributed by atoms with E-state index in [1.54, 1.807) is 0 Å². The van der Waals surface area contributed by atoms with Gasteiger partial charge >= 0.3 is 0 Å². The molecule has 1 aromatic rings. The first-order chi connectivity index (χ1) is 7.94. The Labute approximate surface area is 102 Å². The Balaban J connectivity index is 2.49. The summed E-state index contributed by atoms with van der Waals surface area (Å²) in [4.78, 5) is 8.01. The zero-order valence-electron chi connectivity index (χ0n) is 11.0. The van der Waals surface area contributed by atoms with E-state index in [0.29, 0.717) is 24.9 Å². The predicted octanol–water partition coefficient (Wildman–Crippen LogP) is 1.82. The molecule has 0 bridgehead atoms. The highest BCUT2D eigenvalue weighted by Gasteiger charge is 2.11. The SMILES string of the molecule is CCc1c(N)ncnc1OCCOC(C)(C)C. The fraction of sp³-hybridized carbons (Fsp3) is 0.667. The van der Waals surface area contributed by atoms with Gasteiger partial charge in [-0.15, -0.1) is 0 Å². The fourth-order valence-corrected chi connectivity index (χ4v) is 1.35. The molecule has 1 aromatic heterocycles. The van der Waals surface area contributed by atoms with Crippen molar-refractivity contribution in [3.8, 4) is 5.88 Å². The fourth-order valence-electron chi connectivity index (χ4n) is 1.35. The molecule has 0 atom stereocenters. The summed E-state index contributed by atoms with van der Waals surface area (Å²) in [5.41, 5.74) is 6.44. The minimum absolute atomic E-state index is 0.151. The molecule has 1 heterocycles. The second-order valence-corrected chi connectivity index (χ2v) is 4.71. The van der Waals surface area contributed by atoms with Crippen molar-refractivity contribution in [1.82, 2.24) is 9.97 Å². The zero-order chi connectivity index (χ0) is 12.9. The maximum Gasteiger partial charge on any atom is 0.221 e. The van der Waals surface area contributed by atoms with Crippen LogP contribution in [0.1, 0.15) is 33.3 Å². The second kappa shape index (κ2) is 5.82. The first-order valence-corrected chi connectivity index (χ1v) is 5.80. The Morgan fingerprint density at radius 2 is 1.94 bits per heavy atom. The average molecular weight is 239 g/mol. The lowest BCUT2D eigenvalue weighted by atomic mass is 10.2. The van der Waals surface area contributed by atoms with E-state index in [2.05, 4.69) is 9.97 Å². The summed E-state index contributed by atoms with van der Waals surface area (Å²) in [5, 5.41) is 0. The van der Waals surface area contributed by atoms with Crippen molar-refractivity contribution >= 4 is 5.82 Å². The highest BCUT2D eigenvalue weighted by Crippen LogP contribution is 2.19. The van der Waals surface area contributed by atoms with Crippen LogP contribution in [-0.2, 0) is 11.2 Å². The number of nitrogen functional groups attached to an aromatic ring is 1. The third kappa shape index (κ3) is 4.56. The van der Waals surface area contributed by atoms with Crippen molar-refractivity contribution < 1.29 is 9.47 Å². The number of nitrogens with two attached hydrogens (primary N) is 1. The molecule has 0 saturated heterocycles. The molecule has 0 saturated carbocycles. The van der Waals surface area contributed by atoms with Gasteiger partial charge < -0.3 is 15.2 Å². The summed E-state index contributed by atoms with van der Waals surface area (Å²) >= 11 is 0. The van der Waals surface area contributed by atoms with Crippen molar-refractivity contribution in [2.75, 3.05) is 18.9 Å². The lowest BCUT2D eigenvalue weighted by Gasteiger charge is -2.19. The van der Waals surface area contributed by atoms with E-state index in [0.717, 1.165) is 12.0 Å². The molecule has 0 aromatic carbocycles. The third-order valence-corrected chi connectivity index (χ3v) is 2.15. The Morgan fingerprint density at radius 3 is 2.53 bits per heavy atom. The minimum atomic E-state index is -0.151. The smallest absolute Gasteiger partial charge is 0.221 e.